The number of nitrogens with zero attached hydrogens (tertiary/aromatic N) is 2. The quantitative estimate of drug-likeness (QED) is 0.432. The number of halogens is 1. The molecule has 0 saturated carbocycles. The van der Waals surface area contributed by atoms with E-state index < -0.39 is 0 Å². The number of benzene rings is 3. The fraction of sp³-hybridized carbons (Fsp3) is 0.333. The van der Waals surface area contributed by atoms with Crippen molar-refractivity contribution in [2.24, 2.45) is 0 Å². The molecule has 0 unspecified atom stereocenters. The van der Waals surface area contributed by atoms with E-state index >= 15 is 0 Å². The maximum Gasteiger partial charge on any atom is 0.123 e. The molecule has 0 N–H and O–H groups in total. The van der Waals surface area contributed by atoms with Crippen LogP contribution in [0.3, 0.4) is 0 Å². The van der Waals surface area contributed by atoms with Gasteiger partial charge in [0.25, 0.3) is 0 Å². The molecule has 3 rings (SSSR count). The summed E-state index contributed by atoms with van der Waals surface area (Å²) in [5, 5.41) is 2.64. The Morgan fingerprint density at radius 1 is 0.857 bits per heavy atom. The molecule has 3 aromatic carbocycles. The highest BCUT2D eigenvalue weighted by Gasteiger charge is 2.13. The zero-order valence-electron chi connectivity index (χ0n) is 17.0. The molecule has 3 aromatic rings. The predicted octanol–water partition coefficient (Wildman–Crippen LogP) is 5.56. The molecular weight excluding hydrogens is 412 g/mol. The van der Waals surface area contributed by atoms with Gasteiger partial charge in [-0.2, -0.15) is 0 Å². The molecule has 0 fully saturated rings. The minimum atomic E-state index is 0.860. The average molecular weight is 441 g/mol. The Bertz CT molecular complexity index is 905. The van der Waals surface area contributed by atoms with Gasteiger partial charge < -0.3 is 9.64 Å². The lowest BCUT2D eigenvalue weighted by atomic mass is 10.0. The summed E-state index contributed by atoms with van der Waals surface area (Å²) in [6, 6.07) is 21.5. The number of fused-ring (bicyclic) bond motifs is 1. The van der Waals surface area contributed by atoms with Crippen LogP contribution in [0.4, 0.5) is 0 Å². The fourth-order valence-electron chi connectivity index (χ4n) is 3.61. The molecule has 0 radical (unpaired) electrons. The third-order valence-corrected chi connectivity index (χ3v) is 5.48. The highest BCUT2D eigenvalue weighted by molar-refractivity contribution is 9.10. The number of rotatable bonds is 9. The number of hydrogen-bond acceptors (Lipinski definition) is 3. The van der Waals surface area contributed by atoms with Crippen LogP contribution < -0.4 is 4.74 Å². The monoisotopic (exact) mass is 440 g/mol. The standard InChI is InChI=1S/C24H29BrN2O/c1-26(2)14-7-15-27(18-21-16-22(25)12-13-24(21)28-3)17-20-10-6-9-19-8-4-5-11-23(19)20/h4-6,8-13,16H,7,14-15,17-18H2,1-3H3. The third kappa shape index (κ3) is 5.57. The number of methoxy groups -OCH3 is 1. The molecule has 4 heteroatoms. The molecule has 0 spiro atoms. The van der Waals surface area contributed by atoms with Crippen LogP contribution in [0.15, 0.2) is 65.1 Å². The van der Waals surface area contributed by atoms with Crippen molar-refractivity contribution in [3.8, 4) is 5.75 Å². The van der Waals surface area contributed by atoms with Crippen molar-refractivity contribution in [3.63, 3.8) is 0 Å². The summed E-state index contributed by atoms with van der Waals surface area (Å²) in [7, 11) is 6.01. The Morgan fingerprint density at radius 2 is 1.61 bits per heavy atom. The van der Waals surface area contributed by atoms with Gasteiger partial charge in [-0.05, 0) is 61.6 Å². The lowest BCUT2D eigenvalue weighted by Crippen LogP contribution is -2.27. The summed E-state index contributed by atoms with van der Waals surface area (Å²) >= 11 is 3.61. The van der Waals surface area contributed by atoms with E-state index in [1.807, 2.05) is 12.1 Å². The lowest BCUT2D eigenvalue weighted by Gasteiger charge is -2.25. The van der Waals surface area contributed by atoms with Crippen LogP contribution in [0.2, 0.25) is 0 Å². The van der Waals surface area contributed by atoms with E-state index in [1.165, 1.54) is 21.9 Å². The van der Waals surface area contributed by atoms with Crippen LogP contribution in [0.5, 0.6) is 5.75 Å². The minimum absolute atomic E-state index is 0.860. The van der Waals surface area contributed by atoms with E-state index in [0.717, 1.165) is 42.8 Å². The van der Waals surface area contributed by atoms with Crippen LogP contribution in [-0.2, 0) is 13.1 Å². The SMILES string of the molecule is COc1ccc(Br)cc1CN(CCCN(C)C)Cc1cccc2ccccc12. The van der Waals surface area contributed by atoms with E-state index in [1.54, 1.807) is 7.11 Å². The molecule has 0 aliphatic rings. The van der Waals surface area contributed by atoms with Crippen LogP contribution in [0.1, 0.15) is 17.5 Å². The Labute approximate surface area is 177 Å². The Hall–Kier alpha value is -1.88. The zero-order valence-corrected chi connectivity index (χ0v) is 18.6. The first-order valence-electron chi connectivity index (χ1n) is 9.73. The molecule has 0 atom stereocenters. The number of ether oxygens (including phenoxy) is 1. The summed E-state index contributed by atoms with van der Waals surface area (Å²) < 4.78 is 6.69. The second-order valence-corrected chi connectivity index (χ2v) is 8.38. The van der Waals surface area contributed by atoms with E-state index in [-0.39, 0.29) is 0 Å². The van der Waals surface area contributed by atoms with Gasteiger partial charge in [0.1, 0.15) is 5.75 Å². The second kappa shape index (κ2) is 10.1. The molecule has 148 valence electrons. The summed E-state index contributed by atoms with van der Waals surface area (Å²) in [5.41, 5.74) is 2.58. The molecule has 0 saturated heterocycles. The lowest BCUT2D eigenvalue weighted by molar-refractivity contribution is 0.237. The zero-order chi connectivity index (χ0) is 19.9. The first-order chi connectivity index (χ1) is 13.6. The first kappa shape index (κ1) is 20.8. The molecule has 0 amide bonds. The normalized spacial score (nSPS) is 11.5. The summed E-state index contributed by atoms with van der Waals surface area (Å²) in [6.45, 7) is 3.91. The van der Waals surface area contributed by atoms with Gasteiger partial charge in [0, 0.05) is 29.7 Å². The van der Waals surface area contributed by atoms with Gasteiger partial charge in [-0.3, -0.25) is 4.90 Å². The van der Waals surface area contributed by atoms with E-state index in [4.69, 9.17) is 4.74 Å². The molecule has 0 aliphatic heterocycles. The predicted molar refractivity (Wildman–Crippen MR) is 122 cm³/mol. The molecule has 28 heavy (non-hydrogen) atoms. The van der Waals surface area contributed by atoms with Crippen LogP contribution in [0.25, 0.3) is 10.8 Å². The summed E-state index contributed by atoms with van der Waals surface area (Å²) in [4.78, 5) is 4.77. The Balaban J connectivity index is 1.85. The number of hydrogen-bond donors (Lipinski definition) is 0. The van der Waals surface area contributed by atoms with E-state index in [0.29, 0.717) is 0 Å². The van der Waals surface area contributed by atoms with Gasteiger partial charge in [-0.25, -0.2) is 0 Å². The molecule has 0 bridgehead atoms. The van der Waals surface area contributed by atoms with Crippen molar-refractivity contribution >= 4 is 26.7 Å². The van der Waals surface area contributed by atoms with Crippen molar-refractivity contribution < 1.29 is 4.74 Å². The van der Waals surface area contributed by atoms with Crippen molar-refractivity contribution in [2.45, 2.75) is 19.5 Å². The third-order valence-electron chi connectivity index (χ3n) is 4.99. The van der Waals surface area contributed by atoms with Crippen LogP contribution in [-0.4, -0.2) is 44.1 Å². The van der Waals surface area contributed by atoms with Crippen molar-refractivity contribution in [3.05, 3.63) is 76.3 Å². The topological polar surface area (TPSA) is 15.7 Å². The highest BCUT2D eigenvalue weighted by atomic mass is 79.9. The Morgan fingerprint density at radius 3 is 2.39 bits per heavy atom. The van der Waals surface area contributed by atoms with Crippen LogP contribution >= 0.6 is 15.9 Å². The van der Waals surface area contributed by atoms with Gasteiger partial charge >= 0.3 is 0 Å². The minimum Gasteiger partial charge on any atom is -0.496 e. The molecule has 3 nitrogen and oxygen atoms in total. The summed E-state index contributed by atoms with van der Waals surface area (Å²) in [6.07, 6.45) is 1.13. The summed E-state index contributed by atoms with van der Waals surface area (Å²) in [5.74, 6) is 0.943. The first-order valence-corrected chi connectivity index (χ1v) is 10.5. The van der Waals surface area contributed by atoms with Crippen molar-refractivity contribution in [1.29, 1.82) is 0 Å². The van der Waals surface area contributed by atoms with Gasteiger partial charge in [-0.15, -0.1) is 0 Å². The molecule has 0 aliphatic carbocycles. The molecular formula is C24H29BrN2O. The largest absolute Gasteiger partial charge is 0.496 e. The second-order valence-electron chi connectivity index (χ2n) is 7.46. The van der Waals surface area contributed by atoms with E-state index in [9.17, 15) is 0 Å². The fourth-order valence-corrected chi connectivity index (χ4v) is 4.02. The van der Waals surface area contributed by atoms with Gasteiger partial charge in [0.2, 0.25) is 0 Å². The van der Waals surface area contributed by atoms with E-state index in [2.05, 4.69) is 88.4 Å². The molecule has 0 heterocycles. The van der Waals surface area contributed by atoms with Gasteiger partial charge in [0.15, 0.2) is 0 Å². The van der Waals surface area contributed by atoms with Gasteiger partial charge in [0.05, 0.1) is 7.11 Å². The molecule has 0 aromatic heterocycles. The Kier molecular flexibility index (Phi) is 7.49. The maximum atomic E-state index is 5.61. The average Bonchev–Trinajstić information content (AvgIpc) is 2.68. The van der Waals surface area contributed by atoms with Crippen molar-refractivity contribution in [2.75, 3.05) is 34.3 Å². The smallest absolute Gasteiger partial charge is 0.123 e. The highest BCUT2D eigenvalue weighted by Crippen LogP contribution is 2.26. The van der Waals surface area contributed by atoms with Crippen molar-refractivity contribution in [1.82, 2.24) is 9.80 Å². The maximum absolute atomic E-state index is 5.61. The van der Waals surface area contributed by atoms with Crippen LogP contribution in [0, 0.1) is 0 Å². The van der Waals surface area contributed by atoms with Gasteiger partial charge in [-0.1, -0.05) is 58.4 Å².